The van der Waals surface area contributed by atoms with Gasteiger partial charge >= 0.3 is 0 Å². The lowest BCUT2D eigenvalue weighted by Gasteiger charge is -2.06. The van der Waals surface area contributed by atoms with E-state index in [4.69, 9.17) is 0 Å². The van der Waals surface area contributed by atoms with Crippen molar-refractivity contribution in [2.45, 2.75) is 0 Å². The van der Waals surface area contributed by atoms with Gasteiger partial charge in [-0.15, -0.1) is 0 Å². The Morgan fingerprint density at radius 3 is 2.58 bits per heavy atom. The summed E-state index contributed by atoms with van der Waals surface area (Å²) >= 11 is 2.75. The monoisotopic (exact) mass is 253 g/mol. The lowest BCUT2D eigenvalue weighted by molar-refractivity contribution is 0.616. The second-order valence-corrected chi connectivity index (χ2v) is 4.11. The van der Waals surface area contributed by atoms with Crippen LogP contribution in [0.3, 0.4) is 0 Å². The molecule has 1 rings (SSSR count). The van der Waals surface area contributed by atoms with E-state index in [9.17, 15) is 12.8 Å². The van der Waals surface area contributed by atoms with E-state index in [0.29, 0.717) is 0 Å². The van der Waals surface area contributed by atoms with E-state index in [1.807, 2.05) is 0 Å². The number of hydrogen-bond acceptors (Lipinski definition) is 2. The minimum atomic E-state index is -2.77. The lowest BCUT2D eigenvalue weighted by Crippen LogP contribution is -2.05. The fraction of sp³-hybridized carbons (Fsp3) is 0. The minimum Gasteiger partial charge on any atom is -0.209 e. The molecule has 1 aromatic carbocycles. The van der Waals surface area contributed by atoms with Gasteiger partial charge in [0.05, 0.1) is 21.8 Å². The Kier molecular flexibility index (Phi) is 3.05. The van der Waals surface area contributed by atoms with Crippen molar-refractivity contribution in [1.82, 2.24) is 0 Å². The van der Waals surface area contributed by atoms with E-state index >= 15 is 0 Å². The van der Waals surface area contributed by atoms with Crippen LogP contribution in [0.5, 0.6) is 0 Å². The molecule has 0 fully saturated rings. The first-order chi connectivity index (χ1) is 5.61. The van der Waals surface area contributed by atoms with Gasteiger partial charge in [-0.3, -0.25) is 0 Å². The van der Waals surface area contributed by atoms with Crippen LogP contribution in [0.25, 0.3) is 0 Å². The molecule has 12 heavy (non-hydrogen) atoms. The summed E-state index contributed by atoms with van der Waals surface area (Å²) in [4.78, 5) is 0. The molecule has 6 heteroatoms. The smallest absolute Gasteiger partial charge is 0.209 e. The van der Waals surface area contributed by atoms with Crippen LogP contribution in [-0.2, 0) is 10.9 Å². The average Bonchev–Trinajstić information content (AvgIpc) is 2.03. The third-order valence-corrected chi connectivity index (χ3v) is 2.87. The maximum atomic E-state index is 12.5. The summed E-state index contributed by atoms with van der Waals surface area (Å²) in [6, 6.07) is 5.25. The maximum Gasteiger partial charge on any atom is 0.234 e. The molecule has 3 nitrogen and oxygen atoms in total. The van der Waals surface area contributed by atoms with Gasteiger partial charge in [-0.05, 0) is 18.2 Å². The molecule has 0 saturated carbocycles. The SMILES string of the molecule is O=[SH](=O)N(Br)c1cccc(F)c1. The van der Waals surface area contributed by atoms with Crippen molar-refractivity contribution in [3.8, 4) is 0 Å². The van der Waals surface area contributed by atoms with Gasteiger partial charge in [0.25, 0.3) is 0 Å². The molecule has 0 N–H and O–H groups in total. The summed E-state index contributed by atoms with van der Waals surface area (Å²) in [5, 5.41) is 0. The molecule has 0 atom stereocenters. The molecule has 0 amide bonds. The zero-order valence-electron chi connectivity index (χ0n) is 5.78. The number of anilines is 1. The van der Waals surface area contributed by atoms with Crippen molar-refractivity contribution < 1.29 is 12.8 Å². The molecular weight excluding hydrogens is 249 g/mol. The maximum absolute atomic E-state index is 12.5. The predicted octanol–water partition coefficient (Wildman–Crippen LogP) is 1.47. The third kappa shape index (κ3) is 2.18. The van der Waals surface area contributed by atoms with Gasteiger partial charge in [-0.1, -0.05) is 6.07 Å². The normalized spacial score (nSPS) is 10.2. The number of hydrogen-bond donors (Lipinski definition) is 1. The van der Waals surface area contributed by atoms with E-state index in [-0.39, 0.29) is 5.69 Å². The van der Waals surface area contributed by atoms with Crippen LogP contribution in [0.1, 0.15) is 0 Å². The Labute approximate surface area is 79.2 Å². The van der Waals surface area contributed by atoms with Crippen LogP contribution in [0.4, 0.5) is 10.1 Å². The van der Waals surface area contributed by atoms with Gasteiger partial charge in [-0.2, -0.15) is 0 Å². The van der Waals surface area contributed by atoms with Crippen molar-refractivity contribution in [3.05, 3.63) is 30.1 Å². The molecule has 0 aliphatic rings. The Bertz CT molecular complexity index is 347. The summed E-state index contributed by atoms with van der Waals surface area (Å²) in [7, 11) is -2.77. The second-order valence-electron chi connectivity index (χ2n) is 1.98. The van der Waals surface area contributed by atoms with Crippen LogP contribution in [0, 0.1) is 5.82 Å². The first-order valence-electron chi connectivity index (χ1n) is 2.97. The topological polar surface area (TPSA) is 37.4 Å². The summed E-state index contributed by atoms with van der Waals surface area (Å²) in [6.07, 6.45) is 0. The molecule has 0 aliphatic carbocycles. The molecule has 0 aliphatic heterocycles. The Morgan fingerprint density at radius 1 is 1.42 bits per heavy atom. The Balaban J connectivity index is 3.03. The molecule has 0 heterocycles. The van der Waals surface area contributed by atoms with Gasteiger partial charge in [0.2, 0.25) is 10.9 Å². The van der Waals surface area contributed by atoms with E-state index in [1.54, 1.807) is 0 Å². The van der Waals surface area contributed by atoms with Crippen molar-refractivity contribution in [1.29, 1.82) is 0 Å². The van der Waals surface area contributed by atoms with Crippen molar-refractivity contribution in [3.63, 3.8) is 0 Å². The van der Waals surface area contributed by atoms with Crippen LogP contribution in [0.2, 0.25) is 0 Å². The minimum absolute atomic E-state index is 0.242. The third-order valence-electron chi connectivity index (χ3n) is 1.16. The molecule has 1 aromatic rings. The van der Waals surface area contributed by atoms with E-state index < -0.39 is 16.7 Å². The molecule has 66 valence electrons. The van der Waals surface area contributed by atoms with Gasteiger partial charge in [0.1, 0.15) is 5.82 Å². The molecule has 0 radical (unpaired) electrons. The van der Waals surface area contributed by atoms with E-state index in [1.165, 1.54) is 18.2 Å². The number of halogens is 2. The fourth-order valence-corrected chi connectivity index (χ4v) is 1.22. The van der Waals surface area contributed by atoms with Gasteiger partial charge in [0.15, 0.2) is 0 Å². The second kappa shape index (κ2) is 3.86. The summed E-state index contributed by atoms with van der Waals surface area (Å²) in [6.45, 7) is 0. The zero-order valence-corrected chi connectivity index (χ0v) is 8.26. The highest BCUT2D eigenvalue weighted by Gasteiger charge is 2.04. The quantitative estimate of drug-likeness (QED) is 0.641. The van der Waals surface area contributed by atoms with Gasteiger partial charge in [-0.25, -0.2) is 16.1 Å². The number of thiol groups is 1. The van der Waals surface area contributed by atoms with Gasteiger partial charge < -0.3 is 0 Å². The largest absolute Gasteiger partial charge is 0.234 e. The van der Waals surface area contributed by atoms with Crippen molar-refractivity contribution in [2.24, 2.45) is 0 Å². The highest BCUT2D eigenvalue weighted by Crippen LogP contribution is 2.18. The first-order valence-corrected chi connectivity index (χ1v) is 4.81. The van der Waals surface area contributed by atoms with E-state index in [0.717, 1.165) is 9.40 Å². The van der Waals surface area contributed by atoms with Crippen LogP contribution >= 0.6 is 16.1 Å². The summed E-state index contributed by atoms with van der Waals surface area (Å²) < 4.78 is 34.2. The highest BCUT2D eigenvalue weighted by atomic mass is 79.9. The molecular formula is C6H5BrFNO2S. The molecule has 0 bridgehead atoms. The number of nitrogens with zero attached hydrogens (tertiary/aromatic N) is 1. The number of rotatable bonds is 2. The average molecular weight is 254 g/mol. The van der Waals surface area contributed by atoms with Crippen LogP contribution in [-0.4, -0.2) is 8.42 Å². The zero-order chi connectivity index (χ0) is 9.14. The molecule has 0 aromatic heterocycles. The molecule has 0 spiro atoms. The van der Waals surface area contributed by atoms with Crippen molar-refractivity contribution in [2.75, 3.05) is 3.33 Å². The highest BCUT2D eigenvalue weighted by molar-refractivity contribution is 9.11. The molecule has 0 unspecified atom stereocenters. The number of benzene rings is 1. The summed E-state index contributed by atoms with van der Waals surface area (Å²) in [5.41, 5.74) is 0.242. The standard InChI is InChI=1S/C6H5BrFNO2S/c7-9(12(10)11)6-3-1-2-5(8)4-6/h1-4,12H. The predicted molar refractivity (Wildman–Crippen MR) is 48.1 cm³/mol. The van der Waals surface area contributed by atoms with E-state index in [2.05, 4.69) is 16.1 Å². The molecule has 0 saturated heterocycles. The van der Waals surface area contributed by atoms with Gasteiger partial charge in [0, 0.05) is 0 Å². The Hall–Kier alpha value is -0.620. The fourth-order valence-electron chi connectivity index (χ4n) is 0.685. The van der Waals surface area contributed by atoms with Crippen LogP contribution < -0.4 is 3.33 Å². The van der Waals surface area contributed by atoms with Crippen LogP contribution in [0.15, 0.2) is 24.3 Å². The first kappa shape index (κ1) is 9.47. The lowest BCUT2D eigenvalue weighted by atomic mass is 10.3. The summed E-state index contributed by atoms with van der Waals surface area (Å²) in [5.74, 6) is -0.478. The van der Waals surface area contributed by atoms with Crippen molar-refractivity contribution >= 4 is 32.7 Å². The Morgan fingerprint density at radius 2 is 2.08 bits per heavy atom.